The van der Waals surface area contributed by atoms with Gasteiger partial charge in [0.1, 0.15) is 16.9 Å². The molecule has 2 fully saturated rings. The molecule has 6 heterocycles. The molecule has 0 unspecified atom stereocenters. The summed E-state index contributed by atoms with van der Waals surface area (Å²) in [4.78, 5) is 29.5. The Bertz CT molecular complexity index is 1820. The first-order valence-corrected chi connectivity index (χ1v) is 27.4. The predicted octanol–water partition coefficient (Wildman–Crippen LogP) is 8.65. The molecular weight excluding hydrogens is 755 g/mol. The van der Waals surface area contributed by atoms with E-state index in [4.69, 9.17) is 41.0 Å². The van der Waals surface area contributed by atoms with Crippen LogP contribution < -0.4 is 3.84 Å². The van der Waals surface area contributed by atoms with Crippen molar-refractivity contribution >= 4 is 56.1 Å². The quantitative estimate of drug-likeness (QED) is 0.104. The molecule has 50 heavy (non-hydrogen) atoms. The molecule has 272 valence electrons. The molecule has 0 amide bonds. The molecule has 0 radical (unpaired) electrons. The van der Waals surface area contributed by atoms with Crippen LogP contribution in [0.25, 0.3) is 22.3 Å². The summed E-state index contributed by atoms with van der Waals surface area (Å²) < 4.78 is 21.9. The van der Waals surface area contributed by atoms with Crippen LogP contribution >= 0.6 is 11.6 Å². The van der Waals surface area contributed by atoms with Gasteiger partial charge in [-0.2, -0.15) is 4.98 Å². The van der Waals surface area contributed by atoms with Crippen molar-refractivity contribution in [3.05, 3.63) is 28.3 Å². The molecule has 0 spiro atoms. The van der Waals surface area contributed by atoms with Gasteiger partial charge in [-0.3, -0.25) is 0 Å². The van der Waals surface area contributed by atoms with Gasteiger partial charge in [-0.05, 0) is 38.3 Å². The zero-order valence-corrected chi connectivity index (χ0v) is 35.1. The van der Waals surface area contributed by atoms with E-state index in [1.54, 1.807) is 0 Å². The van der Waals surface area contributed by atoms with Crippen LogP contribution in [0.5, 0.6) is 0 Å². The van der Waals surface area contributed by atoms with E-state index in [-0.39, 0.29) is 11.2 Å². The van der Waals surface area contributed by atoms with Gasteiger partial charge in [-0.25, -0.2) is 9.97 Å². The first kappa shape index (κ1) is 36.5. The molecule has 4 aromatic heterocycles. The van der Waals surface area contributed by atoms with Crippen molar-refractivity contribution in [1.82, 2.24) is 39.0 Å². The second kappa shape index (κ2) is 14.5. The van der Waals surface area contributed by atoms with Crippen molar-refractivity contribution in [1.29, 1.82) is 0 Å². The van der Waals surface area contributed by atoms with Crippen molar-refractivity contribution in [2.75, 3.05) is 13.2 Å². The first-order valence-electron chi connectivity index (χ1n) is 19.5. The molecule has 4 aromatic rings. The van der Waals surface area contributed by atoms with Crippen molar-refractivity contribution in [3.63, 3.8) is 0 Å². The number of halogens is 1. The Balaban J connectivity index is 0.000000175. The van der Waals surface area contributed by atoms with Crippen molar-refractivity contribution in [2.24, 2.45) is 0 Å². The Morgan fingerprint density at radius 3 is 1.52 bits per heavy atom. The van der Waals surface area contributed by atoms with E-state index in [0.717, 1.165) is 59.4 Å². The van der Waals surface area contributed by atoms with E-state index >= 15 is 0 Å². The maximum atomic E-state index is 6.08. The van der Waals surface area contributed by atoms with Gasteiger partial charge in [0.2, 0.25) is 5.28 Å². The summed E-state index contributed by atoms with van der Waals surface area (Å²) in [6, 6.07) is 0. The van der Waals surface area contributed by atoms with Gasteiger partial charge < -0.3 is 9.30 Å². The molecule has 2 aliphatic carbocycles. The van der Waals surface area contributed by atoms with Crippen LogP contribution in [0, 0.1) is 0 Å². The molecule has 10 nitrogen and oxygen atoms in total. The van der Waals surface area contributed by atoms with Crippen LogP contribution in [0.15, 0.2) is 0 Å². The number of fused-ring (bicyclic) bond motifs is 6. The molecule has 0 atom stereocenters. The number of rotatable bonds is 12. The summed E-state index contributed by atoms with van der Waals surface area (Å²) in [6.45, 7) is 18.4. The molecule has 4 aliphatic rings. The Morgan fingerprint density at radius 2 is 1.08 bits per heavy atom. The third-order valence-corrected chi connectivity index (χ3v) is 26.0. The SMILES string of the molecule is CC1(C)OCCn2c1nc1c(C3CC3)nc(Cl)nc12.CCC[CH2][Sn]([CH2]CCC)([CH2]CCC)[c]1nc(C2CC2)c2nc3n(c2n1)CCOC3(C)C. The average molecular weight is 812 g/mol. The number of ether oxygens (including phenoxy) is 2. The van der Waals surface area contributed by atoms with Gasteiger partial charge in [-0.15, -0.1) is 0 Å². The normalized spacial score (nSPS) is 19.7. The summed E-state index contributed by atoms with van der Waals surface area (Å²) in [5, 5.41) is 0.321. The van der Waals surface area contributed by atoms with Crippen LogP contribution in [0.1, 0.15) is 148 Å². The minimum atomic E-state index is -2.70. The summed E-state index contributed by atoms with van der Waals surface area (Å²) >= 11 is 3.37. The minimum absolute atomic E-state index is 0.321. The van der Waals surface area contributed by atoms with Crippen LogP contribution in [-0.2, 0) is 33.8 Å². The predicted molar refractivity (Wildman–Crippen MR) is 202 cm³/mol. The van der Waals surface area contributed by atoms with E-state index in [9.17, 15) is 0 Å². The molecule has 2 aliphatic heterocycles. The average Bonchev–Trinajstić information content (AvgIpc) is 4.03. The fraction of sp³-hybridized carbons (Fsp3) is 0.737. The Kier molecular flexibility index (Phi) is 10.6. The number of hydrogen-bond acceptors (Lipinski definition) is 8. The van der Waals surface area contributed by atoms with Crippen molar-refractivity contribution in [3.8, 4) is 0 Å². The molecule has 12 heteroatoms. The fourth-order valence-corrected chi connectivity index (χ4v) is 23.1. The number of imidazole rings is 2. The molecule has 0 saturated heterocycles. The molecule has 8 rings (SSSR count). The summed E-state index contributed by atoms with van der Waals surface area (Å²) in [6.07, 6.45) is 12.7. The summed E-state index contributed by atoms with van der Waals surface area (Å²) in [5.41, 5.74) is 5.48. The Morgan fingerprint density at radius 1 is 0.640 bits per heavy atom. The third kappa shape index (κ3) is 7.08. The monoisotopic (exact) mass is 812 g/mol. The van der Waals surface area contributed by atoms with Crippen molar-refractivity contribution in [2.45, 2.75) is 162 Å². The van der Waals surface area contributed by atoms with E-state index < -0.39 is 18.4 Å². The van der Waals surface area contributed by atoms with Gasteiger partial charge in [0, 0.05) is 12.5 Å². The zero-order chi connectivity index (χ0) is 35.3. The van der Waals surface area contributed by atoms with E-state index in [1.807, 2.05) is 13.8 Å². The number of hydrogen-bond donors (Lipinski definition) is 0. The Hall–Kier alpha value is -1.89. The summed E-state index contributed by atoms with van der Waals surface area (Å²) in [7, 11) is 0. The van der Waals surface area contributed by atoms with Gasteiger partial charge in [0.15, 0.2) is 5.65 Å². The van der Waals surface area contributed by atoms with Crippen LogP contribution in [-0.4, -0.2) is 70.6 Å². The molecular formula is C38H57ClN8O2Sn. The standard InChI is InChI=1S/C13H15ClN4O.C13H15N4O.3C4H9.Sn/c1-13(2)11-15-9-8(7-3-4-7)16-12(14)17-10(9)18(11)5-6-19-13;1-13(2)12-16-10-9(8-3-4-8)14-7-15-11(10)17(12)5-6-18-13;3*1-3-4-2;/h7H,3-6H2,1-2H3;8H,3-6H2,1-2H3;3*1,3-4H2,2H3;. The van der Waals surface area contributed by atoms with Gasteiger partial charge in [0.05, 0.1) is 12.3 Å². The zero-order valence-electron chi connectivity index (χ0n) is 31.4. The van der Waals surface area contributed by atoms with Crippen LogP contribution in [0.2, 0.25) is 18.6 Å². The van der Waals surface area contributed by atoms with Gasteiger partial charge in [-0.1, -0.05) is 0 Å². The number of aromatic nitrogens is 8. The van der Waals surface area contributed by atoms with Crippen LogP contribution in [0.4, 0.5) is 0 Å². The number of unbranched alkanes of at least 4 members (excludes halogenated alkanes) is 3. The summed E-state index contributed by atoms with van der Waals surface area (Å²) in [5.74, 6) is 3.06. The molecule has 0 N–H and O–H groups in total. The first-order chi connectivity index (χ1) is 24.0. The van der Waals surface area contributed by atoms with E-state index in [0.29, 0.717) is 23.7 Å². The van der Waals surface area contributed by atoms with Gasteiger partial charge in [0.25, 0.3) is 0 Å². The second-order valence-electron chi connectivity index (χ2n) is 16.2. The van der Waals surface area contributed by atoms with Crippen LogP contribution in [0.3, 0.4) is 0 Å². The fourth-order valence-electron chi connectivity index (χ4n) is 8.05. The van der Waals surface area contributed by atoms with E-state index in [2.05, 4.69) is 53.7 Å². The topological polar surface area (TPSA) is 106 Å². The van der Waals surface area contributed by atoms with Gasteiger partial charge >= 0.3 is 193 Å². The Labute approximate surface area is 306 Å². The molecule has 0 aromatic carbocycles. The van der Waals surface area contributed by atoms with Crippen molar-refractivity contribution < 1.29 is 9.47 Å². The molecule has 2 saturated carbocycles. The number of nitrogens with zero attached hydrogens (tertiary/aromatic N) is 8. The third-order valence-electron chi connectivity index (χ3n) is 11.3. The van der Waals surface area contributed by atoms with E-state index in [1.165, 1.54) is 87.1 Å². The molecule has 0 bridgehead atoms. The maximum absolute atomic E-state index is 6.08. The second-order valence-corrected chi connectivity index (χ2v) is 29.4.